The van der Waals surface area contributed by atoms with Crippen molar-refractivity contribution in [1.82, 2.24) is 5.32 Å². The minimum absolute atomic E-state index is 0.152. The first-order valence-electron chi connectivity index (χ1n) is 7.89. The minimum atomic E-state index is -4.46. The Bertz CT molecular complexity index is 841. The molecule has 0 spiro atoms. The van der Waals surface area contributed by atoms with Crippen molar-refractivity contribution in [2.75, 3.05) is 23.7 Å². The van der Waals surface area contributed by atoms with E-state index >= 15 is 0 Å². The predicted molar refractivity (Wildman–Crippen MR) is 97.8 cm³/mol. The molecule has 0 atom stereocenters. The smallest absolute Gasteiger partial charge is 0.376 e. The molecular formula is C18H17ClF3N3O2. The summed E-state index contributed by atoms with van der Waals surface area (Å²) in [5, 5.41) is 8.09. The van der Waals surface area contributed by atoms with Crippen LogP contribution in [0.2, 0.25) is 5.02 Å². The van der Waals surface area contributed by atoms with Crippen LogP contribution >= 0.6 is 11.6 Å². The molecule has 0 fully saturated rings. The van der Waals surface area contributed by atoms with E-state index in [1.807, 2.05) is 0 Å². The normalized spacial score (nSPS) is 11.0. The second-order valence-corrected chi connectivity index (χ2v) is 6.08. The van der Waals surface area contributed by atoms with Gasteiger partial charge in [0.1, 0.15) is 0 Å². The highest BCUT2D eigenvalue weighted by Gasteiger charge is 2.30. The van der Waals surface area contributed by atoms with Gasteiger partial charge in [-0.1, -0.05) is 23.7 Å². The van der Waals surface area contributed by atoms with Crippen molar-refractivity contribution in [1.29, 1.82) is 0 Å². The zero-order valence-electron chi connectivity index (χ0n) is 14.3. The third-order valence-electron chi connectivity index (χ3n) is 3.63. The highest BCUT2D eigenvalue weighted by Crippen LogP contribution is 2.30. The minimum Gasteiger partial charge on any atom is -0.376 e. The quantitative estimate of drug-likeness (QED) is 0.691. The molecule has 0 saturated heterocycles. The number of nitrogens with one attached hydrogen (secondary N) is 3. The maximum atomic E-state index is 12.6. The summed E-state index contributed by atoms with van der Waals surface area (Å²) in [6.45, 7) is 1.19. The van der Waals surface area contributed by atoms with Crippen molar-refractivity contribution in [3.8, 4) is 0 Å². The SMILES string of the molecule is Cc1c(Cl)cccc1NC(=O)CNC(=O)CNc1cccc(C(F)(F)F)c1. The summed E-state index contributed by atoms with van der Waals surface area (Å²) in [7, 11) is 0. The molecule has 0 unspecified atom stereocenters. The number of alkyl halides is 3. The number of hydrogen-bond donors (Lipinski definition) is 3. The Kier molecular flexibility index (Phi) is 6.68. The lowest BCUT2D eigenvalue weighted by Crippen LogP contribution is -2.36. The monoisotopic (exact) mass is 399 g/mol. The Balaban J connectivity index is 1.81. The van der Waals surface area contributed by atoms with Gasteiger partial charge < -0.3 is 16.0 Å². The summed E-state index contributed by atoms with van der Waals surface area (Å²) in [5.41, 5.74) is 0.567. The van der Waals surface area contributed by atoms with E-state index in [1.54, 1.807) is 25.1 Å². The van der Waals surface area contributed by atoms with Gasteiger partial charge in [0.25, 0.3) is 0 Å². The lowest BCUT2D eigenvalue weighted by molar-refractivity contribution is -0.137. The zero-order chi connectivity index (χ0) is 20.0. The fourth-order valence-corrected chi connectivity index (χ4v) is 2.34. The maximum absolute atomic E-state index is 12.6. The van der Waals surface area contributed by atoms with Gasteiger partial charge in [-0.15, -0.1) is 0 Å². The van der Waals surface area contributed by atoms with E-state index in [-0.39, 0.29) is 18.8 Å². The number of rotatable bonds is 6. The fraction of sp³-hybridized carbons (Fsp3) is 0.222. The summed E-state index contributed by atoms with van der Waals surface area (Å²) in [6.07, 6.45) is -4.46. The van der Waals surface area contributed by atoms with E-state index in [1.165, 1.54) is 12.1 Å². The number of benzene rings is 2. The summed E-state index contributed by atoms with van der Waals surface area (Å²) in [6, 6.07) is 9.54. The van der Waals surface area contributed by atoms with Crippen molar-refractivity contribution in [2.24, 2.45) is 0 Å². The molecule has 144 valence electrons. The van der Waals surface area contributed by atoms with Crippen molar-refractivity contribution in [3.63, 3.8) is 0 Å². The first-order chi connectivity index (χ1) is 12.7. The van der Waals surface area contributed by atoms with E-state index in [2.05, 4.69) is 16.0 Å². The van der Waals surface area contributed by atoms with E-state index < -0.39 is 23.6 Å². The Morgan fingerprint density at radius 3 is 2.44 bits per heavy atom. The second kappa shape index (κ2) is 8.77. The van der Waals surface area contributed by atoms with E-state index in [9.17, 15) is 22.8 Å². The molecule has 0 aromatic heterocycles. The second-order valence-electron chi connectivity index (χ2n) is 5.67. The predicted octanol–water partition coefficient (Wildman–Crippen LogP) is 3.83. The Morgan fingerprint density at radius 2 is 1.74 bits per heavy atom. The van der Waals surface area contributed by atoms with Gasteiger partial charge in [0.05, 0.1) is 18.7 Å². The lowest BCUT2D eigenvalue weighted by Gasteiger charge is -2.12. The molecule has 9 heteroatoms. The van der Waals surface area contributed by atoms with Gasteiger partial charge in [0.15, 0.2) is 0 Å². The topological polar surface area (TPSA) is 70.2 Å². The molecule has 0 radical (unpaired) electrons. The lowest BCUT2D eigenvalue weighted by atomic mass is 10.2. The van der Waals surface area contributed by atoms with Crippen LogP contribution in [0, 0.1) is 6.92 Å². The van der Waals surface area contributed by atoms with Crippen molar-refractivity contribution < 1.29 is 22.8 Å². The van der Waals surface area contributed by atoms with Crippen LogP contribution in [0.5, 0.6) is 0 Å². The molecule has 5 nitrogen and oxygen atoms in total. The molecule has 0 aliphatic rings. The highest BCUT2D eigenvalue weighted by molar-refractivity contribution is 6.31. The standard InChI is InChI=1S/C18H17ClF3N3O2/c1-11-14(19)6-3-7-15(11)25-17(27)10-24-16(26)9-23-13-5-2-4-12(8-13)18(20,21)22/h2-8,23H,9-10H2,1H3,(H,24,26)(H,25,27). The van der Waals surface area contributed by atoms with Crippen molar-refractivity contribution >= 4 is 34.8 Å². The van der Waals surface area contributed by atoms with Crippen LogP contribution in [0.4, 0.5) is 24.5 Å². The fourth-order valence-electron chi connectivity index (χ4n) is 2.17. The van der Waals surface area contributed by atoms with Crippen LogP contribution in [-0.4, -0.2) is 24.9 Å². The van der Waals surface area contributed by atoms with E-state index in [0.29, 0.717) is 16.3 Å². The molecule has 2 rings (SSSR count). The van der Waals surface area contributed by atoms with Gasteiger partial charge in [-0.25, -0.2) is 0 Å². The van der Waals surface area contributed by atoms with Crippen molar-refractivity contribution in [2.45, 2.75) is 13.1 Å². The van der Waals surface area contributed by atoms with Gasteiger partial charge in [0, 0.05) is 16.4 Å². The number of halogens is 4. The van der Waals surface area contributed by atoms with Gasteiger partial charge in [-0.2, -0.15) is 13.2 Å². The Labute approximate surface area is 158 Å². The molecular weight excluding hydrogens is 383 g/mol. The maximum Gasteiger partial charge on any atom is 0.416 e. The molecule has 0 aliphatic carbocycles. The first-order valence-corrected chi connectivity index (χ1v) is 8.27. The molecule has 0 aliphatic heterocycles. The van der Waals surface area contributed by atoms with Crippen LogP contribution in [0.25, 0.3) is 0 Å². The summed E-state index contributed by atoms with van der Waals surface area (Å²) < 4.78 is 37.9. The summed E-state index contributed by atoms with van der Waals surface area (Å²) in [5.74, 6) is -0.988. The van der Waals surface area contributed by atoms with Crippen LogP contribution in [0.3, 0.4) is 0 Å². The van der Waals surface area contributed by atoms with E-state index in [0.717, 1.165) is 12.1 Å². The van der Waals surface area contributed by atoms with Crippen LogP contribution < -0.4 is 16.0 Å². The van der Waals surface area contributed by atoms with Gasteiger partial charge >= 0.3 is 6.18 Å². The van der Waals surface area contributed by atoms with Crippen LogP contribution in [-0.2, 0) is 15.8 Å². The molecule has 0 saturated carbocycles. The van der Waals surface area contributed by atoms with Crippen molar-refractivity contribution in [3.05, 3.63) is 58.6 Å². The molecule has 2 aromatic carbocycles. The molecule has 0 heterocycles. The first kappa shape index (κ1) is 20.6. The largest absolute Gasteiger partial charge is 0.416 e. The third kappa shape index (κ3) is 6.18. The average Bonchev–Trinajstić information content (AvgIpc) is 2.61. The number of carbonyl (C=O) groups excluding carboxylic acids is 2. The molecule has 2 aromatic rings. The highest BCUT2D eigenvalue weighted by atomic mass is 35.5. The number of carbonyl (C=O) groups is 2. The van der Waals surface area contributed by atoms with Gasteiger partial charge in [-0.05, 0) is 42.8 Å². The molecule has 0 bridgehead atoms. The van der Waals surface area contributed by atoms with Crippen LogP contribution in [0.15, 0.2) is 42.5 Å². The molecule has 3 N–H and O–H groups in total. The van der Waals surface area contributed by atoms with Gasteiger partial charge in [-0.3, -0.25) is 9.59 Å². The molecule has 2 amide bonds. The average molecular weight is 400 g/mol. The number of anilines is 2. The Hall–Kier alpha value is -2.74. The third-order valence-corrected chi connectivity index (χ3v) is 4.04. The number of hydrogen-bond acceptors (Lipinski definition) is 3. The van der Waals surface area contributed by atoms with E-state index in [4.69, 9.17) is 11.6 Å². The number of amides is 2. The van der Waals surface area contributed by atoms with Crippen LogP contribution in [0.1, 0.15) is 11.1 Å². The molecule has 27 heavy (non-hydrogen) atoms. The summed E-state index contributed by atoms with van der Waals surface area (Å²) >= 11 is 5.96. The Morgan fingerprint density at radius 1 is 1.04 bits per heavy atom. The zero-order valence-corrected chi connectivity index (χ0v) is 15.0. The summed E-state index contributed by atoms with van der Waals surface area (Å²) in [4.78, 5) is 23.7. The van der Waals surface area contributed by atoms with Gasteiger partial charge in [0.2, 0.25) is 11.8 Å².